The molecule has 7 heteroatoms. The van der Waals surface area contributed by atoms with Gasteiger partial charge in [-0.3, -0.25) is 0 Å². The highest BCUT2D eigenvalue weighted by Gasteiger charge is 2.38. The average Bonchev–Trinajstić information content (AvgIpc) is 2.65. The molecule has 2 aromatic heterocycles. The fourth-order valence-corrected chi connectivity index (χ4v) is 1.18. The molecule has 4 nitrogen and oxygen atoms in total. The molecule has 2 aromatic rings. The second kappa shape index (κ2) is 3.66. The van der Waals surface area contributed by atoms with Crippen molar-refractivity contribution in [2.75, 3.05) is 0 Å². The SMILES string of the molecule is CC(Oc1ncnc2[nH]ccc12)C(F)(F)F. The fourth-order valence-electron chi connectivity index (χ4n) is 1.18. The summed E-state index contributed by atoms with van der Waals surface area (Å²) in [6, 6.07) is 1.56. The van der Waals surface area contributed by atoms with Gasteiger partial charge in [0.1, 0.15) is 12.0 Å². The van der Waals surface area contributed by atoms with Crippen molar-refractivity contribution in [1.29, 1.82) is 0 Å². The Bertz CT molecular complexity index is 494. The molecule has 1 N–H and O–H groups in total. The Morgan fingerprint density at radius 3 is 2.81 bits per heavy atom. The molecule has 16 heavy (non-hydrogen) atoms. The molecule has 0 bridgehead atoms. The van der Waals surface area contributed by atoms with Crippen LogP contribution < -0.4 is 4.74 Å². The van der Waals surface area contributed by atoms with Gasteiger partial charge < -0.3 is 9.72 Å². The Labute approximate surface area is 88.5 Å². The molecule has 0 fully saturated rings. The standard InChI is InChI=1S/C9H8F3N3O/c1-5(9(10,11)12)16-8-6-2-3-13-7(6)14-4-15-8/h2-5H,1H3,(H,13,14,15). The zero-order valence-corrected chi connectivity index (χ0v) is 8.25. The summed E-state index contributed by atoms with van der Waals surface area (Å²) in [4.78, 5) is 10.3. The second-order valence-electron chi connectivity index (χ2n) is 3.22. The van der Waals surface area contributed by atoms with Crippen LogP contribution >= 0.6 is 0 Å². The number of nitrogens with zero attached hydrogens (tertiary/aromatic N) is 2. The smallest absolute Gasteiger partial charge is 0.425 e. The van der Waals surface area contributed by atoms with Crippen molar-refractivity contribution in [3.8, 4) is 5.88 Å². The maximum atomic E-state index is 12.3. The van der Waals surface area contributed by atoms with Crippen LogP contribution in [0, 0.1) is 0 Å². The van der Waals surface area contributed by atoms with E-state index in [1.165, 1.54) is 0 Å². The van der Waals surface area contributed by atoms with Crippen molar-refractivity contribution in [2.45, 2.75) is 19.2 Å². The van der Waals surface area contributed by atoms with Gasteiger partial charge in [-0.05, 0) is 13.0 Å². The normalized spacial score (nSPS) is 14.0. The molecule has 0 aliphatic heterocycles. The van der Waals surface area contributed by atoms with Crippen LogP contribution in [0.3, 0.4) is 0 Å². The van der Waals surface area contributed by atoms with Gasteiger partial charge in [-0.2, -0.15) is 13.2 Å². The first-order valence-corrected chi connectivity index (χ1v) is 4.50. The number of hydrogen-bond acceptors (Lipinski definition) is 3. The van der Waals surface area contributed by atoms with E-state index >= 15 is 0 Å². The van der Waals surface area contributed by atoms with E-state index in [0.717, 1.165) is 13.3 Å². The Balaban J connectivity index is 2.31. The van der Waals surface area contributed by atoms with E-state index in [-0.39, 0.29) is 5.88 Å². The molecule has 0 aliphatic carbocycles. The molecule has 0 aromatic carbocycles. The lowest BCUT2D eigenvalue weighted by molar-refractivity contribution is -0.189. The zero-order valence-electron chi connectivity index (χ0n) is 8.25. The van der Waals surface area contributed by atoms with Crippen molar-refractivity contribution < 1.29 is 17.9 Å². The van der Waals surface area contributed by atoms with E-state index in [9.17, 15) is 13.2 Å². The minimum absolute atomic E-state index is 0.0731. The summed E-state index contributed by atoms with van der Waals surface area (Å²) in [6.07, 6.45) is -3.60. The predicted octanol–water partition coefficient (Wildman–Crippen LogP) is 2.29. The van der Waals surface area contributed by atoms with Crippen LogP contribution in [0.4, 0.5) is 13.2 Å². The number of H-pyrrole nitrogens is 1. The molecule has 1 unspecified atom stereocenters. The van der Waals surface area contributed by atoms with E-state index in [1.807, 2.05) is 0 Å². The monoisotopic (exact) mass is 231 g/mol. The van der Waals surface area contributed by atoms with Crippen LogP contribution in [0.5, 0.6) is 5.88 Å². The van der Waals surface area contributed by atoms with Crippen LogP contribution in [-0.4, -0.2) is 27.2 Å². The maximum Gasteiger partial charge on any atom is 0.425 e. The van der Waals surface area contributed by atoms with Crippen LogP contribution in [0.2, 0.25) is 0 Å². The van der Waals surface area contributed by atoms with E-state index in [4.69, 9.17) is 4.74 Å². The lowest BCUT2D eigenvalue weighted by Gasteiger charge is -2.16. The highest BCUT2D eigenvalue weighted by atomic mass is 19.4. The number of halogens is 3. The first-order valence-electron chi connectivity index (χ1n) is 4.50. The second-order valence-corrected chi connectivity index (χ2v) is 3.22. The summed E-state index contributed by atoms with van der Waals surface area (Å²) < 4.78 is 41.6. The van der Waals surface area contributed by atoms with E-state index in [2.05, 4.69) is 15.0 Å². The molecule has 0 aliphatic rings. The van der Waals surface area contributed by atoms with Crippen molar-refractivity contribution in [1.82, 2.24) is 15.0 Å². The third-order valence-electron chi connectivity index (χ3n) is 2.07. The van der Waals surface area contributed by atoms with Gasteiger partial charge in [0, 0.05) is 6.20 Å². The van der Waals surface area contributed by atoms with Crippen molar-refractivity contribution in [3.05, 3.63) is 18.6 Å². The molecule has 0 saturated heterocycles. The number of ether oxygens (including phenoxy) is 1. The van der Waals surface area contributed by atoms with Crippen molar-refractivity contribution in [2.24, 2.45) is 0 Å². The number of aromatic nitrogens is 3. The first-order chi connectivity index (χ1) is 7.48. The van der Waals surface area contributed by atoms with Gasteiger partial charge in [0.15, 0.2) is 6.10 Å². The van der Waals surface area contributed by atoms with Crippen LogP contribution in [0.1, 0.15) is 6.92 Å². The molecule has 0 spiro atoms. The summed E-state index contributed by atoms with van der Waals surface area (Å²) in [6.45, 7) is 0.931. The maximum absolute atomic E-state index is 12.3. The molecule has 0 saturated carbocycles. The van der Waals surface area contributed by atoms with Gasteiger partial charge in [0.25, 0.3) is 0 Å². The van der Waals surface area contributed by atoms with Crippen LogP contribution in [-0.2, 0) is 0 Å². The summed E-state index contributed by atoms with van der Waals surface area (Å²) in [7, 11) is 0. The van der Waals surface area contributed by atoms with E-state index in [1.54, 1.807) is 12.3 Å². The van der Waals surface area contributed by atoms with E-state index in [0.29, 0.717) is 11.0 Å². The minimum Gasteiger partial charge on any atom is -0.464 e. The largest absolute Gasteiger partial charge is 0.464 e. The van der Waals surface area contributed by atoms with Gasteiger partial charge in [-0.1, -0.05) is 0 Å². The van der Waals surface area contributed by atoms with E-state index < -0.39 is 12.3 Å². The molecule has 2 heterocycles. The highest BCUT2D eigenvalue weighted by Crippen LogP contribution is 2.27. The third kappa shape index (κ3) is 1.93. The molecular weight excluding hydrogens is 223 g/mol. The van der Waals surface area contributed by atoms with Gasteiger partial charge in [0.2, 0.25) is 5.88 Å². The van der Waals surface area contributed by atoms with Gasteiger partial charge in [-0.25, -0.2) is 9.97 Å². The van der Waals surface area contributed by atoms with Crippen LogP contribution in [0.15, 0.2) is 18.6 Å². The van der Waals surface area contributed by atoms with Crippen LogP contribution in [0.25, 0.3) is 11.0 Å². The number of alkyl halides is 3. The molecular formula is C9H8F3N3O. The Kier molecular flexibility index (Phi) is 2.45. The summed E-state index contributed by atoms with van der Waals surface area (Å²) in [5, 5.41) is 0.429. The number of aromatic amines is 1. The van der Waals surface area contributed by atoms with Crippen molar-refractivity contribution >= 4 is 11.0 Å². The predicted molar refractivity (Wildman–Crippen MR) is 50.0 cm³/mol. The van der Waals surface area contributed by atoms with Gasteiger partial charge >= 0.3 is 6.18 Å². The van der Waals surface area contributed by atoms with Crippen molar-refractivity contribution in [3.63, 3.8) is 0 Å². The number of hydrogen-bond donors (Lipinski definition) is 1. The minimum atomic E-state index is -4.41. The van der Waals surface area contributed by atoms with Gasteiger partial charge in [0.05, 0.1) is 5.39 Å². The number of nitrogens with one attached hydrogen (secondary N) is 1. The quantitative estimate of drug-likeness (QED) is 0.862. The summed E-state index contributed by atoms with van der Waals surface area (Å²) >= 11 is 0. The lowest BCUT2D eigenvalue weighted by atomic mass is 10.3. The fraction of sp³-hybridized carbons (Fsp3) is 0.333. The zero-order chi connectivity index (χ0) is 11.8. The molecule has 0 amide bonds. The Morgan fingerprint density at radius 1 is 1.38 bits per heavy atom. The molecule has 1 atom stereocenters. The summed E-state index contributed by atoms with van der Waals surface area (Å²) in [5.41, 5.74) is 0.444. The Morgan fingerprint density at radius 2 is 2.12 bits per heavy atom. The topological polar surface area (TPSA) is 50.8 Å². The molecule has 0 radical (unpaired) electrons. The summed E-state index contributed by atoms with van der Waals surface area (Å²) in [5.74, 6) is -0.0731. The first kappa shape index (κ1) is 10.7. The number of rotatable bonds is 2. The number of fused-ring (bicyclic) bond motifs is 1. The highest BCUT2D eigenvalue weighted by molar-refractivity contribution is 5.80. The third-order valence-corrected chi connectivity index (χ3v) is 2.07. The average molecular weight is 231 g/mol. The lowest BCUT2D eigenvalue weighted by Crippen LogP contribution is -2.31. The molecule has 2 rings (SSSR count). The van der Waals surface area contributed by atoms with Gasteiger partial charge in [-0.15, -0.1) is 0 Å². The molecule has 86 valence electrons. The Hall–Kier alpha value is -1.79.